The molecule has 0 saturated carbocycles. The zero-order valence-corrected chi connectivity index (χ0v) is 17.3. The Balaban J connectivity index is 1.88. The van der Waals surface area contributed by atoms with E-state index in [0.717, 1.165) is 46.7 Å². The summed E-state index contributed by atoms with van der Waals surface area (Å²) in [5, 5.41) is 9.12. The van der Waals surface area contributed by atoms with E-state index in [-0.39, 0.29) is 5.91 Å². The predicted octanol–water partition coefficient (Wildman–Crippen LogP) is 3.05. The second-order valence-corrected chi connectivity index (χ2v) is 7.58. The van der Waals surface area contributed by atoms with Crippen LogP contribution in [0.15, 0.2) is 48.5 Å². The SMILES string of the molecule is BBCCCCn1nnc2c1-c1ccccc1CN(C(=O)CC)c1ccccc1-2. The number of carbonyl (C=O) groups excluding carboxylic acids is 1. The number of rotatable bonds is 6. The molecule has 2 aromatic carbocycles. The molecule has 0 radical (unpaired) electrons. The molecule has 146 valence electrons. The highest BCUT2D eigenvalue weighted by atomic mass is 16.2. The van der Waals surface area contributed by atoms with Crippen molar-refractivity contribution in [1.82, 2.24) is 15.0 Å². The zero-order chi connectivity index (χ0) is 20.2. The first kappa shape index (κ1) is 19.5. The van der Waals surface area contributed by atoms with Crippen molar-refractivity contribution >= 4 is 26.5 Å². The molecule has 7 heteroatoms. The van der Waals surface area contributed by atoms with Crippen LogP contribution in [0.5, 0.6) is 0 Å². The molecule has 0 atom stereocenters. The first-order chi connectivity index (χ1) is 14.2. The third-order valence-corrected chi connectivity index (χ3v) is 5.61. The van der Waals surface area contributed by atoms with Gasteiger partial charge in [0.2, 0.25) is 5.91 Å². The number of fused-ring (bicyclic) bond motifs is 5. The van der Waals surface area contributed by atoms with Crippen molar-refractivity contribution in [3.05, 3.63) is 54.1 Å². The van der Waals surface area contributed by atoms with Crippen molar-refractivity contribution in [3.63, 3.8) is 0 Å². The van der Waals surface area contributed by atoms with E-state index in [1.165, 1.54) is 19.9 Å². The average Bonchev–Trinajstić information content (AvgIpc) is 3.17. The number of anilines is 1. The van der Waals surface area contributed by atoms with Gasteiger partial charge >= 0.3 is 0 Å². The van der Waals surface area contributed by atoms with Gasteiger partial charge in [-0.2, -0.15) is 0 Å². The van der Waals surface area contributed by atoms with Crippen LogP contribution in [0.25, 0.3) is 22.5 Å². The smallest absolute Gasteiger partial charge is 0.227 e. The average molecular weight is 384 g/mol. The van der Waals surface area contributed by atoms with Gasteiger partial charge in [0.15, 0.2) is 0 Å². The maximum Gasteiger partial charge on any atom is 0.227 e. The standard InChI is InChI=1S/C22H26B2N4O/c1-2-20(29)27-15-16-9-3-4-10-17(16)22-21(18-11-5-6-12-19(18)27)25-26-28(22)14-8-7-13-24-23/h3-6,9-12,24H,2,7-8,13-15,23H2,1H3. The lowest BCUT2D eigenvalue weighted by Crippen LogP contribution is -2.31. The Bertz CT molecular complexity index is 1020. The fourth-order valence-corrected chi connectivity index (χ4v) is 4.07. The van der Waals surface area contributed by atoms with E-state index in [0.29, 0.717) is 13.0 Å². The molecule has 1 aliphatic heterocycles. The van der Waals surface area contributed by atoms with Gasteiger partial charge in [-0.3, -0.25) is 4.79 Å². The van der Waals surface area contributed by atoms with Gasteiger partial charge in [-0.15, -0.1) is 5.10 Å². The van der Waals surface area contributed by atoms with Gasteiger partial charge < -0.3 is 4.90 Å². The van der Waals surface area contributed by atoms with E-state index in [1.54, 1.807) is 0 Å². The van der Waals surface area contributed by atoms with E-state index < -0.39 is 0 Å². The number of aryl methyl sites for hydroxylation is 1. The van der Waals surface area contributed by atoms with E-state index in [9.17, 15) is 4.79 Å². The minimum atomic E-state index is 0.114. The van der Waals surface area contributed by atoms with Gasteiger partial charge in [0, 0.05) is 24.1 Å². The van der Waals surface area contributed by atoms with Crippen LogP contribution in [-0.2, 0) is 17.9 Å². The third-order valence-electron chi connectivity index (χ3n) is 5.61. The predicted molar refractivity (Wildman–Crippen MR) is 122 cm³/mol. The van der Waals surface area contributed by atoms with E-state index >= 15 is 0 Å². The number of hydrogen-bond acceptors (Lipinski definition) is 3. The van der Waals surface area contributed by atoms with Crippen LogP contribution < -0.4 is 4.90 Å². The molecule has 0 saturated heterocycles. The van der Waals surface area contributed by atoms with Crippen LogP contribution in [0.4, 0.5) is 5.69 Å². The molecule has 0 aliphatic carbocycles. The second kappa shape index (κ2) is 8.68. The highest BCUT2D eigenvalue weighted by molar-refractivity contribution is 6.89. The Kier molecular flexibility index (Phi) is 5.84. The Morgan fingerprint density at radius 1 is 1.10 bits per heavy atom. The first-order valence-corrected chi connectivity index (χ1v) is 10.7. The molecule has 0 unspecified atom stereocenters. The summed E-state index contributed by atoms with van der Waals surface area (Å²) in [5.41, 5.74) is 6.05. The normalized spacial score (nSPS) is 12.4. The lowest BCUT2D eigenvalue weighted by atomic mass is 9.53. The summed E-state index contributed by atoms with van der Waals surface area (Å²) in [7, 11) is 3.44. The van der Waals surface area contributed by atoms with E-state index in [2.05, 4.69) is 40.9 Å². The fourth-order valence-electron chi connectivity index (χ4n) is 4.07. The van der Waals surface area contributed by atoms with Crippen molar-refractivity contribution in [1.29, 1.82) is 0 Å². The van der Waals surface area contributed by atoms with Gasteiger partial charge in [-0.25, -0.2) is 4.68 Å². The van der Waals surface area contributed by atoms with E-state index in [1.807, 2.05) is 42.2 Å². The third kappa shape index (κ3) is 3.74. The van der Waals surface area contributed by atoms with Crippen molar-refractivity contribution in [2.75, 3.05) is 4.90 Å². The molecule has 4 rings (SSSR count). The Labute approximate surface area is 173 Å². The molecule has 0 bridgehead atoms. The highest BCUT2D eigenvalue weighted by Crippen LogP contribution is 2.41. The van der Waals surface area contributed by atoms with Crippen LogP contribution in [0.2, 0.25) is 6.32 Å². The maximum atomic E-state index is 12.8. The molecule has 5 nitrogen and oxygen atoms in total. The molecule has 1 amide bonds. The van der Waals surface area contributed by atoms with Crippen molar-refractivity contribution in [2.24, 2.45) is 0 Å². The number of carbonyl (C=O) groups is 1. The van der Waals surface area contributed by atoms with E-state index in [4.69, 9.17) is 0 Å². The summed E-state index contributed by atoms with van der Waals surface area (Å²) in [5.74, 6) is 0.114. The fraction of sp³-hybridized carbons (Fsp3) is 0.318. The van der Waals surface area contributed by atoms with Crippen molar-refractivity contribution in [3.8, 4) is 22.5 Å². The van der Waals surface area contributed by atoms with Gasteiger partial charge in [-0.1, -0.05) is 67.3 Å². The molecule has 0 fully saturated rings. The number of amides is 1. The largest absolute Gasteiger partial charge is 0.307 e. The first-order valence-electron chi connectivity index (χ1n) is 10.7. The number of aromatic nitrogens is 3. The topological polar surface area (TPSA) is 51.0 Å². The Hall–Kier alpha value is -2.82. The summed E-state index contributed by atoms with van der Waals surface area (Å²) >= 11 is 0. The van der Waals surface area contributed by atoms with Crippen molar-refractivity contribution < 1.29 is 4.79 Å². The molecule has 1 aliphatic rings. The lowest BCUT2D eigenvalue weighted by molar-refractivity contribution is -0.118. The molecular formula is C22H26B2N4O. The van der Waals surface area contributed by atoms with Crippen molar-refractivity contribution in [2.45, 2.75) is 45.6 Å². The number of nitrogens with zero attached hydrogens (tertiary/aromatic N) is 4. The summed E-state index contributed by atoms with van der Waals surface area (Å²) < 4.78 is 2.05. The molecule has 2 heterocycles. The van der Waals surface area contributed by atoms with Gasteiger partial charge in [0.1, 0.15) is 5.69 Å². The van der Waals surface area contributed by atoms with Crippen LogP contribution in [-0.4, -0.2) is 35.8 Å². The Morgan fingerprint density at radius 3 is 2.66 bits per heavy atom. The Morgan fingerprint density at radius 2 is 1.86 bits per heavy atom. The van der Waals surface area contributed by atoms with Crippen LogP contribution in [0.3, 0.4) is 0 Å². The summed E-state index contributed by atoms with van der Waals surface area (Å²) in [6, 6.07) is 16.4. The molecular weight excluding hydrogens is 358 g/mol. The number of unbranched alkanes of at least 4 members (excludes halogenated alkanes) is 1. The highest BCUT2D eigenvalue weighted by Gasteiger charge is 2.28. The minimum absolute atomic E-state index is 0.114. The zero-order valence-electron chi connectivity index (χ0n) is 17.3. The second-order valence-electron chi connectivity index (χ2n) is 7.58. The van der Waals surface area contributed by atoms with Crippen LogP contribution in [0, 0.1) is 0 Å². The minimum Gasteiger partial charge on any atom is -0.307 e. The van der Waals surface area contributed by atoms with Crippen LogP contribution in [0.1, 0.15) is 31.7 Å². The van der Waals surface area contributed by atoms with Gasteiger partial charge in [0.25, 0.3) is 0 Å². The van der Waals surface area contributed by atoms with Crippen LogP contribution >= 0.6 is 0 Å². The molecule has 0 spiro atoms. The molecule has 1 aromatic heterocycles. The summed E-state index contributed by atoms with van der Waals surface area (Å²) in [6.07, 6.45) is 3.99. The quantitative estimate of drug-likeness (QED) is 0.485. The van der Waals surface area contributed by atoms with Gasteiger partial charge in [0.05, 0.1) is 32.8 Å². The maximum absolute atomic E-state index is 12.8. The molecule has 3 aromatic rings. The summed E-state index contributed by atoms with van der Waals surface area (Å²) in [4.78, 5) is 14.7. The summed E-state index contributed by atoms with van der Waals surface area (Å²) in [6.45, 7) is 3.32. The number of hydrogen-bond donors (Lipinski definition) is 0. The van der Waals surface area contributed by atoms with Gasteiger partial charge in [-0.05, 0) is 18.1 Å². The number of benzene rings is 2. The monoisotopic (exact) mass is 384 g/mol. The molecule has 0 N–H and O–H groups in total. The number of para-hydroxylation sites is 1. The lowest BCUT2D eigenvalue weighted by Gasteiger charge is -2.28. The molecule has 29 heavy (non-hydrogen) atoms.